The standard InChI is InChI=1S/C9H8F3NO2/c1-15-5-2-3-7(9(10,11)12)6(4-5)8(13)14/h2-4H,1H3,(H2,13,14). The van der Waals surface area contributed by atoms with E-state index in [0.717, 1.165) is 18.2 Å². The lowest BCUT2D eigenvalue weighted by Gasteiger charge is -2.11. The lowest BCUT2D eigenvalue weighted by Crippen LogP contribution is -2.18. The highest BCUT2D eigenvalue weighted by Crippen LogP contribution is 2.33. The first kappa shape index (κ1) is 11.4. The average Bonchev–Trinajstić information content (AvgIpc) is 2.15. The van der Waals surface area contributed by atoms with Crippen LogP contribution in [0.15, 0.2) is 18.2 Å². The van der Waals surface area contributed by atoms with Crippen LogP contribution in [0.25, 0.3) is 0 Å². The van der Waals surface area contributed by atoms with Crippen molar-refractivity contribution in [3.8, 4) is 5.75 Å². The maximum atomic E-state index is 12.4. The van der Waals surface area contributed by atoms with Crippen molar-refractivity contribution in [1.29, 1.82) is 0 Å². The Labute approximate surface area is 83.6 Å². The highest BCUT2D eigenvalue weighted by atomic mass is 19.4. The van der Waals surface area contributed by atoms with Crippen LogP contribution in [0.4, 0.5) is 13.2 Å². The SMILES string of the molecule is COc1ccc(C(F)(F)F)c(C(N)=O)c1. The molecule has 0 aliphatic carbocycles. The number of carbonyl (C=O) groups excluding carboxylic acids is 1. The number of halogens is 3. The van der Waals surface area contributed by atoms with Crippen LogP contribution in [0.1, 0.15) is 15.9 Å². The van der Waals surface area contributed by atoms with Gasteiger partial charge in [0.25, 0.3) is 0 Å². The van der Waals surface area contributed by atoms with E-state index in [4.69, 9.17) is 10.5 Å². The summed E-state index contributed by atoms with van der Waals surface area (Å²) in [5.41, 5.74) is 3.19. The first-order chi connectivity index (χ1) is 6.86. The number of alkyl halides is 3. The Kier molecular flexibility index (Phi) is 2.88. The van der Waals surface area contributed by atoms with Gasteiger partial charge in [0.2, 0.25) is 5.91 Å². The molecule has 1 aromatic carbocycles. The molecule has 1 aromatic rings. The van der Waals surface area contributed by atoms with Gasteiger partial charge in [-0.15, -0.1) is 0 Å². The van der Waals surface area contributed by atoms with Gasteiger partial charge in [-0.3, -0.25) is 4.79 Å². The summed E-state index contributed by atoms with van der Waals surface area (Å²) in [6.45, 7) is 0. The summed E-state index contributed by atoms with van der Waals surface area (Å²) in [4.78, 5) is 10.8. The van der Waals surface area contributed by atoms with Crippen molar-refractivity contribution >= 4 is 5.91 Å². The molecule has 1 rings (SSSR count). The predicted octanol–water partition coefficient (Wildman–Crippen LogP) is 1.81. The maximum absolute atomic E-state index is 12.4. The van der Waals surface area contributed by atoms with Crippen molar-refractivity contribution in [3.05, 3.63) is 29.3 Å². The van der Waals surface area contributed by atoms with Gasteiger partial charge in [-0.2, -0.15) is 13.2 Å². The van der Waals surface area contributed by atoms with Gasteiger partial charge in [-0.05, 0) is 18.2 Å². The molecule has 0 heterocycles. The molecule has 3 nitrogen and oxygen atoms in total. The van der Waals surface area contributed by atoms with Crippen molar-refractivity contribution in [2.45, 2.75) is 6.18 Å². The molecule has 0 atom stereocenters. The Morgan fingerprint density at radius 3 is 2.40 bits per heavy atom. The average molecular weight is 219 g/mol. The highest BCUT2D eigenvalue weighted by Gasteiger charge is 2.34. The van der Waals surface area contributed by atoms with Crippen LogP contribution in [0.5, 0.6) is 5.75 Å². The lowest BCUT2D eigenvalue weighted by atomic mass is 10.1. The number of benzene rings is 1. The van der Waals surface area contributed by atoms with Gasteiger partial charge in [-0.25, -0.2) is 0 Å². The zero-order chi connectivity index (χ0) is 11.6. The van der Waals surface area contributed by atoms with Gasteiger partial charge in [0.05, 0.1) is 18.2 Å². The number of amides is 1. The Morgan fingerprint density at radius 2 is 2.00 bits per heavy atom. The quantitative estimate of drug-likeness (QED) is 0.824. The third-order valence-electron chi connectivity index (χ3n) is 1.80. The minimum atomic E-state index is -4.60. The number of hydrogen-bond donors (Lipinski definition) is 1. The van der Waals surface area contributed by atoms with Crippen molar-refractivity contribution < 1.29 is 22.7 Å². The summed E-state index contributed by atoms with van der Waals surface area (Å²) in [6.07, 6.45) is -4.60. The van der Waals surface area contributed by atoms with Crippen LogP contribution < -0.4 is 10.5 Å². The largest absolute Gasteiger partial charge is 0.497 e. The third-order valence-corrected chi connectivity index (χ3v) is 1.80. The molecule has 2 N–H and O–H groups in total. The fourth-order valence-electron chi connectivity index (χ4n) is 1.10. The summed E-state index contributed by atoms with van der Waals surface area (Å²) < 4.78 is 41.9. The second-order valence-corrected chi connectivity index (χ2v) is 2.77. The second kappa shape index (κ2) is 3.80. The molecule has 6 heteroatoms. The van der Waals surface area contributed by atoms with E-state index in [-0.39, 0.29) is 5.75 Å². The zero-order valence-electron chi connectivity index (χ0n) is 7.76. The van der Waals surface area contributed by atoms with Crippen LogP contribution in [0.3, 0.4) is 0 Å². The van der Waals surface area contributed by atoms with Crippen LogP contribution in [-0.2, 0) is 6.18 Å². The molecular formula is C9H8F3NO2. The summed E-state index contributed by atoms with van der Waals surface area (Å²) in [6, 6.07) is 2.85. The molecule has 0 unspecified atom stereocenters. The molecule has 0 bridgehead atoms. The van der Waals surface area contributed by atoms with E-state index in [1.54, 1.807) is 0 Å². The zero-order valence-corrected chi connectivity index (χ0v) is 7.76. The van der Waals surface area contributed by atoms with E-state index in [9.17, 15) is 18.0 Å². The molecule has 0 aliphatic heterocycles. The van der Waals surface area contributed by atoms with Gasteiger partial charge in [0.1, 0.15) is 5.75 Å². The molecule has 0 spiro atoms. The van der Waals surface area contributed by atoms with Gasteiger partial charge in [0, 0.05) is 0 Å². The van der Waals surface area contributed by atoms with Gasteiger partial charge in [-0.1, -0.05) is 0 Å². The van der Waals surface area contributed by atoms with E-state index in [1.807, 2.05) is 0 Å². The minimum absolute atomic E-state index is 0.150. The van der Waals surface area contributed by atoms with Gasteiger partial charge >= 0.3 is 6.18 Å². The molecular weight excluding hydrogens is 211 g/mol. The Bertz CT molecular complexity index is 387. The molecule has 0 fully saturated rings. The van der Waals surface area contributed by atoms with E-state index in [0.29, 0.717) is 0 Å². The van der Waals surface area contributed by atoms with Crippen LogP contribution in [-0.4, -0.2) is 13.0 Å². The van der Waals surface area contributed by atoms with Gasteiger partial charge in [0.15, 0.2) is 0 Å². The molecule has 1 amide bonds. The highest BCUT2D eigenvalue weighted by molar-refractivity contribution is 5.95. The van der Waals surface area contributed by atoms with Crippen LogP contribution in [0, 0.1) is 0 Å². The summed E-state index contributed by atoms with van der Waals surface area (Å²) in [5.74, 6) is -0.988. The second-order valence-electron chi connectivity index (χ2n) is 2.77. The lowest BCUT2D eigenvalue weighted by molar-refractivity contribution is -0.137. The third kappa shape index (κ3) is 2.39. The van der Waals surface area contributed by atoms with E-state index in [1.165, 1.54) is 7.11 Å². The Morgan fingerprint density at radius 1 is 1.40 bits per heavy atom. The number of nitrogens with two attached hydrogens (primary N) is 1. The Hall–Kier alpha value is -1.72. The smallest absolute Gasteiger partial charge is 0.417 e. The Balaban J connectivity index is 3.34. The first-order valence-electron chi connectivity index (χ1n) is 3.91. The van der Waals surface area contributed by atoms with Crippen molar-refractivity contribution in [3.63, 3.8) is 0 Å². The molecule has 0 saturated heterocycles. The van der Waals surface area contributed by atoms with E-state index >= 15 is 0 Å². The fraction of sp³-hybridized carbons (Fsp3) is 0.222. The van der Waals surface area contributed by atoms with E-state index < -0.39 is 23.2 Å². The molecule has 0 aromatic heterocycles. The van der Waals surface area contributed by atoms with E-state index in [2.05, 4.69) is 0 Å². The monoisotopic (exact) mass is 219 g/mol. The number of rotatable bonds is 2. The maximum Gasteiger partial charge on any atom is 0.417 e. The summed E-state index contributed by atoms with van der Waals surface area (Å²) in [7, 11) is 1.29. The summed E-state index contributed by atoms with van der Waals surface area (Å²) in [5, 5.41) is 0. The van der Waals surface area contributed by atoms with Crippen LogP contribution >= 0.6 is 0 Å². The number of methoxy groups -OCH3 is 1. The number of primary amides is 1. The normalized spacial score (nSPS) is 11.2. The van der Waals surface area contributed by atoms with Crippen LogP contribution in [0.2, 0.25) is 0 Å². The number of hydrogen-bond acceptors (Lipinski definition) is 2. The number of carbonyl (C=O) groups is 1. The van der Waals surface area contributed by atoms with Crippen molar-refractivity contribution in [2.24, 2.45) is 5.73 Å². The number of ether oxygens (including phenoxy) is 1. The molecule has 0 aliphatic rings. The van der Waals surface area contributed by atoms with Crippen molar-refractivity contribution in [1.82, 2.24) is 0 Å². The minimum Gasteiger partial charge on any atom is -0.497 e. The summed E-state index contributed by atoms with van der Waals surface area (Å²) >= 11 is 0. The molecule has 82 valence electrons. The van der Waals surface area contributed by atoms with Crippen molar-refractivity contribution in [2.75, 3.05) is 7.11 Å². The van der Waals surface area contributed by atoms with Gasteiger partial charge < -0.3 is 10.5 Å². The first-order valence-corrected chi connectivity index (χ1v) is 3.91. The molecule has 15 heavy (non-hydrogen) atoms. The topological polar surface area (TPSA) is 52.3 Å². The molecule has 0 radical (unpaired) electrons. The fourth-order valence-corrected chi connectivity index (χ4v) is 1.10. The predicted molar refractivity (Wildman–Crippen MR) is 46.5 cm³/mol. The molecule has 0 saturated carbocycles.